The molecule has 0 aliphatic carbocycles. The highest BCUT2D eigenvalue weighted by molar-refractivity contribution is 8.77. The summed E-state index contributed by atoms with van der Waals surface area (Å²) in [4.78, 5) is 148. The third-order valence-electron chi connectivity index (χ3n) is 13.5. The lowest BCUT2D eigenvalue weighted by Gasteiger charge is -2.29. The number of unbranched alkanes of at least 4 members (excludes halogenated alkanes) is 1. The van der Waals surface area contributed by atoms with Gasteiger partial charge in [0.15, 0.2) is 0 Å². The van der Waals surface area contributed by atoms with Gasteiger partial charge in [-0.05, 0) is 105 Å². The Hall–Kier alpha value is -7.99. The van der Waals surface area contributed by atoms with E-state index in [2.05, 4.69) is 57.8 Å². The lowest BCUT2D eigenvalue weighted by molar-refractivity contribution is -0.136. The van der Waals surface area contributed by atoms with Crippen molar-refractivity contribution in [1.82, 2.24) is 57.8 Å². The Morgan fingerprint density at radius 3 is 2.07 bits per heavy atom. The van der Waals surface area contributed by atoms with E-state index in [0.29, 0.717) is 32.6 Å². The molecular weight excluding hydrogens is 1220 g/mol. The molecule has 1 aliphatic rings. The number of nitrogens with two attached hydrogens (primary N) is 1. The molecule has 0 spiro atoms. The Labute approximate surface area is 530 Å². The number of aliphatic hydroxyl groups excluding tert-OH is 1. The van der Waals surface area contributed by atoms with E-state index in [1.807, 2.05) is 6.07 Å². The third-order valence-corrected chi connectivity index (χ3v) is 18.2. The van der Waals surface area contributed by atoms with Gasteiger partial charge in [0.1, 0.15) is 64.7 Å². The summed E-state index contributed by atoms with van der Waals surface area (Å²) in [6.07, 6.45) is 0.822. The maximum absolute atomic E-state index is 15.1. The molecule has 0 unspecified atom stereocenters. The minimum atomic E-state index is -1.79. The van der Waals surface area contributed by atoms with E-state index in [1.54, 1.807) is 99.9 Å². The molecule has 3 heterocycles. The summed E-state index contributed by atoms with van der Waals surface area (Å²) < 4.78 is 5.35. The Kier molecular flexibility index (Phi) is 27.3. The van der Waals surface area contributed by atoms with E-state index in [1.165, 1.54) is 59.7 Å². The lowest BCUT2D eigenvalue weighted by Crippen LogP contribution is -2.62. The number of pyridine rings is 1. The molecular formula is C60H76N12O13S4. The Balaban J connectivity index is 1.40. The number of aliphatic hydroxyl groups is 1. The highest BCUT2D eigenvalue weighted by Gasteiger charge is 2.37. The van der Waals surface area contributed by atoms with Crippen molar-refractivity contribution in [2.24, 2.45) is 5.73 Å². The number of nitrogens with zero attached hydrogens (tertiary/aromatic N) is 1. The van der Waals surface area contributed by atoms with Gasteiger partial charge in [0, 0.05) is 73.3 Å². The molecule has 10 amide bonds. The Bertz CT molecular complexity index is 3230. The number of para-hydroxylation sites is 1. The molecule has 1 saturated heterocycles. The summed E-state index contributed by atoms with van der Waals surface area (Å²) in [5.41, 5.74) is 7.40. The number of H-pyrrole nitrogens is 1. The van der Waals surface area contributed by atoms with Crippen molar-refractivity contribution in [2.45, 2.75) is 138 Å². The van der Waals surface area contributed by atoms with E-state index in [0.717, 1.165) is 21.6 Å². The van der Waals surface area contributed by atoms with Crippen LogP contribution in [-0.4, -0.2) is 163 Å². The van der Waals surface area contributed by atoms with E-state index < -0.39 is 119 Å². The molecule has 2 aromatic heterocycles. The van der Waals surface area contributed by atoms with Crippen molar-refractivity contribution in [3.05, 3.63) is 126 Å². The number of hydrogen-bond donors (Lipinski definition) is 13. The predicted molar refractivity (Wildman–Crippen MR) is 342 cm³/mol. The zero-order chi connectivity index (χ0) is 64.6. The highest BCUT2D eigenvalue weighted by atomic mass is 33.1. The zero-order valence-electron chi connectivity index (χ0n) is 49.7. The van der Waals surface area contributed by atoms with Crippen molar-refractivity contribution >= 4 is 113 Å². The van der Waals surface area contributed by atoms with Crippen LogP contribution in [0.2, 0.25) is 0 Å². The van der Waals surface area contributed by atoms with Gasteiger partial charge in [-0.25, -0.2) is 9.78 Å². The fourth-order valence-electron chi connectivity index (χ4n) is 8.99. The summed E-state index contributed by atoms with van der Waals surface area (Å²) in [7, 11) is 4.30. The fourth-order valence-corrected chi connectivity index (χ4v) is 13.4. The number of fused-ring (bicyclic) bond motifs is 1. The summed E-state index contributed by atoms with van der Waals surface area (Å²) in [6, 6.07) is 15.2. The van der Waals surface area contributed by atoms with Gasteiger partial charge in [-0.3, -0.25) is 43.2 Å². The van der Waals surface area contributed by atoms with Gasteiger partial charge in [0.05, 0.1) is 6.10 Å². The number of carbonyl (C=O) groups is 10. The monoisotopic (exact) mass is 1300 g/mol. The quantitative estimate of drug-likeness (QED) is 0.0350. The minimum Gasteiger partial charge on any atom is -0.508 e. The number of hydrogen-bond acceptors (Lipinski definition) is 18. The summed E-state index contributed by atoms with van der Waals surface area (Å²) in [6.45, 7) is 7.64. The van der Waals surface area contributed by atoms with Crippen LogP contribution in [0.3, 0.4) is 0 Å². The van der Waals surface area contributed by atoms with Crippen LogP contribution in [0.15, 0.2) is 114 Å². The first-order chi connectivity index (χ1) is 42.4. The SMILES string of the molecule is CC(=O)N[C@H](Cc1ccccc1)C(=O)N[C@H]1CSSC[C@@H](C(=O)N[C@@H](CSSc2ccccn2)C(N)=O)NC(=O)[C@H]([C@@H](C)O)NC(=O)[C@H](CCCCNC(=O)OC(C)(C)C)NC(=O)[C@@H](Cc2c[nH]c3ccccc23)NC(=O)[C@H](Cc2ccc(O)cc2)NC1=O. The number of carbonyl (C=O) groups excluding carboxylic acids is 10. The Morgan fingerprint density at radius 1 is 0.742 bits per heavy atom. The number of alkyl carbamates (subject to hydrolysis) is 1. The van der Waals surface area contributed by atoms with Crippen LogP contribution in [-0.2, 0) is 67.2 Å². The first-order valence-corrected chi connectivity index (χ1v) is 33.4. The van der Waals surface area contributed by atoms with Gasteiger partial charge >= 0.3 is 6.09 Å². The van der Waals surface area contributed by atoms with Crippen molar-refractivity contribution in [1.29, 1.82) is 0 Å². The fraction of sp³-hybridized carbons (Fsp3) is 0.417. The average Bonchev–Trinajstić information content (AvgIpc) is 3.74. The van der Waals surface area contributed by atoms with Gasteiger partial charge in [-0.2, -0.15) is 0 Å². The molecule has 1 aliphatic heterocycles. The number of phenols is 1. The van der Waals surface area contributed by atoms with Crippen LogP contribution in [0, 0.1) is 0 Å². The smallest absolute Gasteiger partial charge is 0.407 e. The van der Waals surface area contributed by atoms with Crippen molar-refractivity contribution in [3.8, 4) is 5.75 Å². The first-order valence-electron chi connectivity index (χ1n) is 28.6. The van der Waals surface area contributed by atoms with Gasteiger partial charge in [-0.1, -0.05) is 99.1 Å². The largest absolute Gasteiger partial charge is 0.508 e. The molecule has 3 aromatic carbocycles. The number of aromatic nitrogens is 2. The second-order valence-electron chi connectivity index (χ2n) is 21.9. The van der Waals surface area contributed by atoms with Crippen molar-refractivity contribution in [2.75, 3.05) is 23.8 Å². The second kappa shape index (κ2) is 34.7. The number of ether oxygens (including phenoxy) is 1. The second-order valence-corrected chi connectivity index (χ2v) is 26.8. The molecule has 478 valence electrons. The number of aromatic amines is 1. The van der Waals surface area contributed by atoms with Crippen molar-refractivity contribution in [3.63, 3.8) is 0 Å². The van der Waals surface area contributed by atoms with Crippen LogP contribution in [0.1, 0.15) is 70.6 Å². The molecule has 5 aromatic rings. The zero-order valence-corrected chi connectivity index (χ0v) is 53.0. The maximum atomic E-state index is 15.1. The number of benzene rings is 3. The molecule has 0 radical (unpaired) electrons. The molecule has 14 N–H and O–H groups in total. The number of rotatable bonds is 22. The van der Waals surface area contributed by atoms with Crippen LogP contribution < -0.4 is 53.6 Å². The third kappa shape index (κ3) is 23.5. The lowest BCUT2D eigenvalue weighted by atomic mass is 10.0. The summed E-state index contributed by atoms with van der Waals surface area (Å²) in [5, 5.41) is 46.8. The molecule has 6 rings (SSSR count). The van der Waals surface area contributed by atoms with E-state index >= 15 is 9.59 Å². The molecule has 9 atom stereocenters. The predicted octanol–water partition coefficient (Wildman–Crippen LogP) is 2.59. The number of primary amides is 1. The van der Waals surface area contributed by atoms with Gasteiger partial charge in [0.2, 0.25) is 53.2 Å². The normalized spacial score (nSPS) is 20.1. The highest BCUT2D eigenvalue weighted by Crippen LogP contribution is 2.30. The Morgan fingerprint density at radius 2 is 1.39 bits per heavy atom. The van der Waals surface area contributed by atoms with Gasteiger partial charge < -0.3 is 73.5 Å². The number of phenolic OH excluding ortho intramolecular Hbond substituents is 1. The van der Waals surface area contributed by atoms with Gasteiger partial charge in [-0.15, -0.1) is 0 Å². The van der Waals surface area contributed by atoms with Crippen LogP contribution in [0.25, 0.3) is 10.9 Å². The van der Waals surface area contributed by atoms with E-state index in [4.69, 9.17) is 10.5 Å². The average molecular weight is 1300 g/mol. The molecule has 89 heavy (non-hydrogen) atoms. The standard InChI is InChI=1S/C60H76N12O13S4/c1-34(73)50-58(83)71-48(57(82)69-46(51(61)76)31-88-89-49-20-12-14-25-62-49)33-87-86-32-47(70-53(78)43(65-35(2)74)27-36-15-7-6-8-16-36)56(81)67-44(28-37-21-23-39(75)24-22-37)54(79)68-45(29-38-30-64-41-18-10-9-17-40(38)41)55(80)66-42(52(77)72-50)19-11-13-26-63-59(84)85-60(3,4)5/h6-10,12,14-18,20-25,30,34,42-48,50,64,73,75H,11,13,19,26-29,31-33H2,1-5H3,(H2,61,76)(H,63,84)(H,65,74)(H,66,80)(H,67,81)(H,68,79)(H,69,82)(H,70,78)(H,71,83)(H,72,77)/t34-,42+,43-,44+,45-,46+,47+,48+,50+/m1/s1. The number of amides is 10. The topological polar surface area (TPSA) is 383 Å². The summed E-state index contributed by atoms with van der Waals surface area (Å²) in [5.74, 6) is -8.56. The molecule has 1 fully saturated rings. The maximum Gasteiger partial charge on any atom is 0.407 e. The van der Waals surface area contributed by atoms with Crippen LogP contribution in [0.4, 0.5) is 4.79 Å². The van der Waals surface area contributed by atoms with Crippen LogP contribution in [0.5, 0.6) is 5.75 Å². The van der Waals surface area contributed by atoms with Crippen molar-refractivity contribution < 1.29 is 62.9 Å². The minimum absolute atomic E-state index is 0.0114. The molecule has 0 bridgehead atoms. The number of aromatic hydroxyl groups is 1. The first kappa shape index (κ1) is 70.1. The van der Waals surface area contributed by atoms with E-state index in [-0.39, 0.29) is 68.1 Å². The van der Waals surface area contributed by atoms with Gasteiger partial charge in [0.25, 0.3) is 0 Å². The summed E-state index contributed by atoms with van der Waals surface area (Å²) >= 11 is 0. The number of nitrogens with one attached hydrogen (secondary N) is 10. The molecule has 25 nitrogen and oxygen atoms in total. The molecule has 0 saturated carbocycles. The van der Waals surface area contributed by atoms with E-state index in [9.17, 15) is 48.6 Å². The molecule has 29 heteroatoms. The van der Waals surface area contributed by atoms with Crippen LogP contribution >= 0.6 is 43.2 Å².